The number of hydrogen-bond donors (Lipinski definition) is 2. The van der Waals surface area contributed by atoms with Gasteiger partial charge in [-0.25, -0.2) is 4.79 Å². The van der Waals surface area contributed by atoms with Crippen molar-refractivity contribution in [3.63, 3.8) is 0 Å². The summed E-state index contributed by atoms with van der Waals surface area (Å²) in [7, 11) is 0. The highest BCUT2D eigenvalue weighted by molar-refractivity contribution is 6.09. The van der Waals surface area contributed by atoms with E-state index in [1.807, 2.05) is 6.92 Å². The lowest BCUT2D eigenvalue weighted by Gasteiger charge is -2.36. The number of amides is 4. The topological polar surface area (TPSA) is 78.5 Å². The van der Waals surface area contributed by atoms with Crippen LogP contribution in [-0.2, 0) is 9.59 Å². The van der Waals surface area contributed by atoms with Gasteiger partial charge in [0.15, 0.2) is 0 Å². The van der Waals surface area contributed by atoms with Gasteiger partial charge in [-0.3, -0.25) is 14.5 Å². The van der Waals surface area contributed by atoms with Crippen molar-refractivity contribution >= 4 is 17.8 Å². The summed E-state index contributed by atoms with van der Waals surface area (Å²) < 4.78 is 0. The minimum absolute atomic E-state index is 0.124. The van der Waals surface area contributed by atoms with Gasteiger partial charge >= 0.3 is 6.03 Å². The first kappa shape index (κ1) is 16.3. The number of rotatable bonds is 3. The molecule has 3 rings (SSSR count). The summed E-state index contributed by atoms with van der Waals surface area (Å²) in [5.74, 6) is -0.312. The fourth-order valence-electron chi connectivity index (χ4n) is 4.30. The van der Waals surface area contributed by atoms with E-state index in [1.165, 1.54) is 6.42 Å². The number of carbonyl (C=O) groups is 3. The number of hydrogen-bond acceptors (Lipinski definition) is 3. The van der Waals surface area contributed by atoms with Crippen LogP contribution in [0.4, 0.5) is 4.79 Å². The first-order valence-electron chi connectivity index (χ1n) is 8.96. The molecule has 0 unspecified atom stereocenters. The van der Waals surface area contributed by atoms with Gasteiger partial charge in [-0.15, -0.1) is 0 Å². The third-order valence-corrected chi connectivity index (χ3v) is 5.77. The molecule has 1 saturated heterocycles. The molecule has 0 aromatic carbocycles. The van der Waals surface area contributed by atoms with Crippen LogP contribution in [0.25, 0.3) is 0 Å². The lowest BCUT2D eigenvalue weighted by atomic mass is 9.73. The molecular weight excluding hydrogens is 294 g/mol. The number of urea groups is 1. The molecule has 23 heavy (non-hydrogen) atoms. The number of nitrogens with zero attached hydrogens (tertiary/aromatic N) is 1. The van der Waals surface area contributed by atoms with Crippen LogP contribution in [0.1, 0.15) is 64.7 Å². The molecule has 3 aliphatic rings. The highest BCUT2D eigenvalue weighted by atomic mass is 16.2. The maximum atomic E-state index is 12.8. The van der Waals surface area contributed by atoms with Gasteiger partial charge in [-0.2, -0.15) is 0 Å². The van der Waals surface area contributed by atoms with Crippen LogP contribution >= 0.6 is 0 Å². The van der Waals surface area contributed by atoms with Gasteiger partial charge in [0.25, 0.3) is 5.91 Å². The summed E-state index contributed by atoms with van der Waals surface area (Å²) in [4.78, 5) is 38.4. The van der Waals surface area contributed by atoms with Crippen LogP contribution in [0, 0.1) is 5.92 Å². The SMILES string of the molecule is C[C@@H]1CCCC[C@]12NC(=O)N(CC(=O)NC1CCCCC1)C2=O. The maximum Gasteiger partial charge on any atom is 0.325 e. The Morgan fingerprint density at radius 1 is 1.17 bits per heavy atom. The van der Waals surface area contributed by atoms with E-state index in [1.54, 1.807) is 0 Å². The molecule has 1 heterocycles. The molecular formula is C17H27N3O3. The molecule has 3 fully saturated rings. The molecule has 0 bridgehead atoms. The molecule has 4 amide bonds. The van der Waals surface area contributed by atoms with Crippen LogP contribution < -0.4 is 10.6 Å². The minimum Gasteiger partial charge on any atom is -0.352 e. The largest absolute Gasteiger partial charge is 0.352 e. The zero-order valence-corrected chi connectivity index (χ0v) is 13.9. The van der Waals surface area contributed by atoms with Crippen LogP contribution in [-0.4, -0.2) is 40.9 Å². The molecule has 2 saturated carbocycles. The summed E-state index contributed by atoms with van der Waals surface area (Å²) >= 11 is 0. The summed E-state index contributed by atoms with van der Waals surface area (Å²) in [6.45, 7) is 1.86. The van der Waals surface area contributed by atoms with E-state index in [4.69, 9.17) is 0 Å². The van der Waals surface area contributed by atoms with Gasteiger partial charge < -0.3 is 10.6 Å². The van der Waals surface area contributed by atoms with Crippen molar-refractivity contribution in [2.45, 2.75) is 76.3 Å². The molecule has 2 aliphatic carbocycles. The second-order valence-corrected chi connectivity index (χ2v) is 7.34. The second-order valence-electron chi connectivity index (χ2n) is 7.34. The van der Waals surface area contributed by atoms with Gasteiger partial charge in [0, 0.05) is 6.04 Å². The Bertz CT molecular complexity index is 501. The van der Waals surface area contributed by atoms with Crippen molar-refractivity contribution in [3.8, 4) is 0 Å². The quantitative estimate of drug-likeness (QED) is 0.780. The minimum atomic E-state index is -0.777. The predicted molar refractivity (Wildman–Crippen MR) is 85.6 cm³/mol. The van der Waals surface area contributed by atoms with Crippen molar-refractivity contribution in [1.82, 2.24) is 15.5 Å². The summed E-state index contributed by atoms with van der Waals surface area (Å²) in [5, 5.41) is 5.86. The molecule has 1 spiro atoms. The van der Waals surface area contributed by atoms with Crippen LogP contribution in [0.5, 0.6) is 0 Å². The highest BCUT2D eigenvalue weighted by Gasteiger charge is 2.55. The van der Waals surface area contributed by atoms with E-state index in [2.05, 4.69) is 10.6 Å². The van der Waals surface area contributed by atoms with Crippen molar-refractivity contribution in [2.24, 2.45) is 5.92 Å². The van der Waals surface area contributed by atoms with Crippen molar-refractivity contribution in [1.29, 1.82) is 0 Å². The number of carbonyl (C=O) groups excluding carboxylic acids is 3. The van der Waals surface area contributed by atoms with Crippen LogP contribution in [0.15, 0.2) is 0 Å². The highest BCUT2D eigenvalue weighted by Crippen LogP contribution is 2.38. The summed E-state index contributed by atoms with van der Waals surface area (Å²) in [5.41, 5.74) is -0.777. The first-order valence-corrected chi connectivity index (χ1v) is 8.96. The van der Waals surface area contributed by atoms with Gasteiger partial charge in [0.2, 0.25) is 5.91 Å². The van der Waals surface area contributed by atoms with Crippen molar-refractivity contribution in [3.05, 3.63) is 0 Å². The third kappa shape index (κ3) is 3.08. The zero-order chi connectivity index (χ0) is 16.4. The van der Waals surface area contributed by atoms with E-state index in [0.717, 1.165) is 49.8 Å². The summed E-state index contributed by atoms with van der Waals surface area (Å²) in [6, 6.07) is -0.220. The van der Waals surface area contributed by atoms with Gasteiger partial charge in [-0.1, -0.05) is 39.0 Å². The lowest BCUT2D eigenvalue weighted by molar-refractivity contribution is -0.137. The monoisotopic (exact) mass is 321 g/mol. The lowest BCUT2D eigenvalue weighted by Crippen LogP contribution is -2.54. The van der Waals surface area contributed by atoms with Crippen LogP contribution in [0.2, 0.25) is 0 Å². The molecule has 0 aromatic heterocycles. The first-order chi connectivity index (χ1) is 11.0. The third-order valence-electron chi connectivity index (χ3n) is 5.77. The van der Waals surface area contributed by atoms with E-state index < -0.39 is 11.6 Å². The molecule has 1 aliphatic heterocycles. The molecule has 6 nitrogen and oxygen atoms in total. The van der Waals surface area contributed by atoms with E-state index in [9.17, 15) is 14.4 Å². The Morgan fingerprint density at radius 2 is 1.87 bits per heavy atom. The molecule has 6 heteroatoms. The Hall–Kier alpha value is -1.59. The molecule has 0 aromatic rings. The van der Waals surface area contributed by atoms with E-state index in [-0.39, 0.29) is 30.3 Å². The Balaban J connectivity index is 1.62. The summed E-state index contributed by atoms with van der Waals surface area (Å²) in [6.07, 6.45) is 9.13. The smallest absolute Gasteiger partial charge is 0.325 e. The van der Waals surface area contributed by atoms with Gasteiger partial charge in [0.05, 0.1) is 0 Å². The average Bonchev–Trinajstić information content (AvgIpc) is 2.76. The van der Waals surface area contributed by atoms with E-state index >= 15 is 0 Å². The number of imide groups is 1. The second kappa shape index (κ2) is 6.49. The zero-order valence-electron chi connectivity index (χ0n) is 13.9. The Kier molecular flexibility index (Phi) is 4.60. The van der Waals surface area contributed by atoms with Crippen LogP contribution in [0.3, 0.4) is 0 Å². The average molecular weight is 321 g/mol. The van der Waals surface area contributed by atoms with E-state index in [0.29, 0.717) is 6.42 Å². The Morgan fingerprint density at radius 3 is 2.57 bits per heavy atom. The molecule has 2 atom stereocenters. The van der Waals surface area contributed by atoms with Gasteiger partial charge in [-0.05, 0) is 31.6 Å². The van der Waals surface area contributed by atoms with Crippen molar-refractivity contribution < 1.29 is 14.4 Å². The molecule has 128 valence electrons. The maximum absolute atomic E-state index is 12.8. The number of nitrogens with one attached hydrogen (secondary N) is 2. The molecule has 2 N–H and O–H groups in total. The predicted octanol–water partition coefficient (Wildman–Crippen LogP) is 1.94. The fraction of sp³-hybridized carbons (Fsp3) is 0.824. The standard InChI is InChI=1S/C17H27N3O3/c1-12-7-5-6-10-17(12)15(22)20(16(23)19-17)11-14(21)18-13-8-3-2-4-9-13/h12-13H,2-11H2,1H3,(H,18,21)(H,19,23)/t12-,17+/m1/s1. The molecule has 0 radical (unpaired) electrons. The fourth-order valence-corrected chi connectivity index (χ4v) is 4.30. The van der Waals surface area contributed by atoms with Gasteiger partial charge in [0.1, 0.15) is 12.1 Å². The normalized spacial score (nSPS) is 32.2. The Labute approximate surface area is 137 Å². The van der Waals surface area contributed by atoms with Crippen molar-refractivity contribution in [2.75, 3.05) is 6.54 Å².